The molecule has 0 aliphatic carbocycles. The summed E-state index contributed by atoms with van der Waals surface area (Å²) in [5.41, 5.74) is 7.33. The third-order valence-electron chi connectivity index (χ3n) is 5.06. The van der Waals surface area contributed by atoms with Crippen LogP contribution in [0, 0.1) is 19.3 Å². The van der Waals surface area contributed by atoms with Crippen LogP contribution in [0.5, 0.6) is 0 Å². The molecule has 28 heavy (non-hydrogen) atoms. The summed E-state index contributed by atoms with van der Waals surface area (Å²) in [6.07, 6.45) is 2.35. The second-order valence-corrected chi connectivity index (χ2v) is 7.39. The summed E-state index contributed by atoms with van der Waals surface area (Å²) in [7, 11) is 2.11. The van der Waals surface area contributed by atoms with Gasteiger partial charge in [0.2, 0.25) is 0 Å². The van der Waals surface area contributed by atoms with Gasteiger partial charge in [-0.05, 0) is 43.5 Å². The van der Waals surface area contributed by atoms with Crippen molar-refractivity contribution in [3.8, 4) is 0 Å². The Hall–Kier alpha value is -3.07. The normalized spacial score (nSPS) is 10.5. The van der Waals surface area contributed by atoms with E-state index < -0.39 is 0 Å². The first kappa shape index (κ1) is 19.7. The Morgan fingerprint density at radius 3 is 1.86 bits per heavy atom. The average molecular weight is 372 g/mol. The van der Waals surface area contributed by atoms with E-state index in [1.165, 1.54) is 28.6 Å². The Morgan fingerprint density at radius 2 is 1.29 bits per heavy atom. The lowest BCUT2D eigenvalue weighted by Gasteiger charge is -2.28. The summed E-state index contributed by atoms with van der Waals surface area (Å²) in [6.45, 7) is 5.83. The van der Waals surface area contributed by atoms with Gasteiger partial charge in [-0.25, -0.2) is 0 Å². The molecular weight excluding hydrogens is 342 g/mol. The molecule has 144 valence electrons. The van der Waals surface area contributed by atoms with Crippen molar-refractivity contribution in [3.63, 3.8) is 0 Å². The van der Waals surface area contributed by atoms with Gasteiger partial charge in [-0.2, -0.15) is 0 Å². The number of aryl methyl sites for hydroxylation is 2. The van der Waals surface area contributed by atoms with Crippen LogP contribution in [0.4, 0.5) is 11.4 Å². The van der Waals surface area contributed by atoms with Crippen LogP contribution in [0.25, 0.3) is 0 Å². The highest BCUT2D eigenvalue weighted by Gasteiger charge is 2.13. The summed E-state index contributed by atoms with van der Waals surface area (Å²) in [5.74, 6) is 0. The lowest BCUT2D eigenvalue weighted by atomic mass is 10.1. The minimum Gasteiger partial charge on any atom is -0.369 e. The number of hydrogen-bond acceptors (Lipinski definition) is 2. The molecule has 0 aliphatic rings. The largest absolute Gasteiger partial charge is 0.369 e. The highest BCUT2D eigenvalue weighted by Crippen LogP contribution is 2.29. The SMILES string of the molecule is Cc1ccc(CCN(C=N)c2ccccc2N(C)Cc2ccc(C)cc2)cc1. The van der Waals surface area contributed by atoms with Crippen LogP contribution in [0.2, 0.25) is 0 Å². The first-order valence-corrected chi connectivity index (χ1v) is 9.75. The molecule has 3 nitrogen and oxygen atoms in total. The van der Waals surface area contributed by atoms with E-state index in [2.05, 4.69) is 92.5 Å². The summed E-state index contributed by atoms with van der Waals surface area (Å²) in [5, 5.41) is 7.96. The van der Waals surface area contributed by atoms with Gasteiger partial charge in [0.1, 0.15) is 0 Å². The summed E-state index contributed by atoms with van der Waals surface area (Å²) in [6, 6.07) is 25.6. The Bertz CT molecular complexity index is 898. The predicted octanol–water partition coefficient (Wildman–Crippen LogP) is 5.60. The number of hydrogen-bond donors (Lipinski definition) is 1. The van der Waals surface area contributed by atoms with Gasteiger partial charge in [0, 0.05) is 20.1 Å². The van der Waals surface area contributed by atoms with E-state index in [9.17, 15) is 0 Å². The first-order chi connectivity index (χ1) is 13.6. The Kier molecular flexibility index (Phi) is 6.49. The van der Waals surface area contributed by atoms with Gasteiger partial charge in [-0.15, -0.1) is 0 Å². The van der Waals surface area contributed by atoms with Crippen molar-refractivity contribution < 1.29 is 0 Å². The van der Waals surface area contributed by atoms with Crippen molar-refractivity contribution in [2.75, 3.05) is 23.4 Å². The van der Waals surface area contributed by atoms with Gasteiger partial charge < -0.3 is 9.80 Å². The standard InChI is InChI=1S/C25H29N3/c1-20-8-12-22(13-9-20)16-17-28(19-26)25-7-5-4-6-24(25)27(3)18-23-14-10-21(2)11-15-23/h4-15,19,26H,16-18H2,1-3H3. The molecular formula is C25H29N3. The molecule has 0 unspecified atom stereocenters. The maximum atomic E-state index is 7.96. The molecule has 0 saturated heterocycles. The lowest BCUT2D eigenvalue weighted by Crippen LogP contribution is -2.27. The molecule has 3 aromatic rings. The second-order valence-electron chi connectivity index (χ2n) is 7.39. The number of benzene rings is 3. The first-order valence-electron chi connectivity index (χ1n) is 9.75. The van der Waals surface area contributed by atoms with Crippen LogP contribution in [0.3, 0.4) is 0 Å². The van der Waals surface area contributed by atoms with Crippen LogP contribution in [0.1, 0.15) is 22.3 Å². The quantitative estimate of drug-likeness (QED) is 0.413. The monoisotopic (exact) mass is 371 g/mol. The lowest BCUT2D eigenvalue weighted by molar-refractivity contribution is 0.901. The van der Waals surface area contributed by atoms with Gasteiger partial charge >= 0.3 is 0 Å². The third-order valence-corrected chi connectivity index (χ3v) is 5.06. The molecule has 3 rings (SSSR count). The molecule has 3 heteroatoms. The van der Waals surface area contributed by atoms with Crippen LogP contribution in [-0.4, -0.2) is 19.9 Å². The molecule has 0 bridgehead atoms. The zero-order valence-corrected chi connectivity index (χ0v) is 17.0. The van der Waals surface area contributed by atoms with Gasteiger partial charge in [-0.3, -0.25) is 5.41 Å². The topological polar surface area (TPSA) is 30.3 Å². The van der Waals surface area contributed by atoms with Crippen LogP contribution < -0.4 is 9.80 Å². The molecule has 0 radical (unpaired) electrons. The Labute approximate surface area is 168 Å². The number of nitrogens with one attached hydrogen (secondary N) is 1. The van der Waals surface area contributed by atoms with Crippen LogP contribution in [0.15, 0.2) is 72.8 Å². The van der Waals surface area contributed by atoms with Gasteiger partial charge in [0.05, 0.1) is 17.7 Å². The van der Waals surface area contributed by atoms with E-state index in [0.717, 1.165) is 30.9 Å². The minimum atomic E-state index is 0.780. The van der Waals surface area contributed by atoms with Gasteiger partial charge in [0.15, 0.2) is 0 Å². The van der Waals surface area contributed by atoms with Crippen molar-refractivity contribution >= 4 is 17.7 Å². The smallest absolute Gasteiger partial charge is 0.0862 e. The zero-order valence-electron chi connectivity index (χ0n) is 17.0. The van der Waals surface area contributed by atoms with E-state index in [1.807, 2.05) is 11.0 Å². The van der Waals surface area contributed by atoms with E-state index in [0.29, 0.717) is 0 Å². The highest BCUT2D eigenvalue weighted by molar-refractivity contribution is 5.85. The number of rotatable bonds is 8. The van der Waals surface area contributed by atoms with Crippen LogP contribution >= 0.6 is 0 Å². The van der Waals surface area contributed by atoms with E-state index in [4.69, 9.17) is 5.41 Å². The molecule has 0 saturated carbocycles. The summed E-state index contributed by atoms with van der Waals surface area (Å²) < 4.78 is 0. The van der Waals surface area contributed by atoms with Crippen molar-refractivity contribution in [2.45, 2.75) is 26.8 Å². The Morgan fingerprint density at radius 1 is 0.750 bits per heavy atom. The predicted molar refractivity (Wildman–Crippen MR) is 121 cm³/mol. The third kappa shape index (κ3) is 5.01. The molecule has 0 aromatic heterocycles. The fourth-order valence-electron chi connectivity index (χ4n) is 3.34. The highest BCUT2D eigenvalue weighted by atomic mass is 15.2. The van der Waals surface area contributed by atoms with Crippen LogP contribution in [-0.2, 0) is 13.0 Å². The maximum absolute atomic E-state index is 7.96. The van der Waals surface area contributed by atoms with E-state index >= 15 is 0 Å². The molecule has 0 aliphatic heterocycles. The molecule has 0 heterocycles. The number of para-hydroxylation sites is 2. The molecule has 0 amide bonds. The van der Waals surface area contributed by atoms with Crippen molar-refractivity contribution in [1.82, 2.24) is 0 Å². The second kappa shape index (κ2) is 9.23. The maximum Gasteiger partial charge on any atom is 0.0862 e. The molecule has 0 spiro atoms. The fourth-order valence-corrected chi connectivity index (χ4v) is 3.34. The van der Waals surface area contributed by atoms with Crippen molar-refractivity contribution in [3.05, 3.63) is 95.1 Å². The number of anilines is 2. The van der Waals surface area contributed by atoms with Gasteiger partial charge in [-0.1, -0.05) is 71.8 Å². The van der Waals surface area contributed by atoms with Crippen molar-refractivity contribution in [2.24, 2.45) is 0 Å². The van der Waals surface area contributed by atoms with E-state index in [1.54, 1.807) is 0 Å². The fraction of sp³-hybridized carbons (Fsp3) is 0.240. The molecule has 1 N–H and O–H groups in total. The van der Waals surface area contributed by atoms with Gasteiger partial charge in [0.25, 0.3) is 0 Å². The summed E-state index contributed by atoms with van der Waals surface area (Å²) >= 11 is 0. The number of nitrogens with zero attached hydrogens (tertiary/aromatic N) is 2. The average Bonchev–Trinajstić information content (AvgIpc) is 2.72. The minimum absolute atomic E-state index is 0.780. The van der Waals surface area contributed by atoms with E-state index in [-0.39, 0.29) is 0 Å². The Balaban J connectivity index is 1.75. The molecule has 0 fully saturated rings. The summed E-state index contributed by atoms with van der Waals surface area (Å²) in [4.78, 5) is 4.28. The van der Waals surface area contributed by atoms with Crippen molar-refractivity contribution in [1.29, 1.82) is 5.41 Å². The molecule has 3 aromatic carbocycles. The zero-order chi connectivity index (χ0) is 19.9. The molecule has 0 atom stereocenters.